The van der Waals surface area contributed by atoms with Gasteiger partial charge in [-0.3, -0.25) is 4.90 Å². The van der Waals surface area contributed by atoms with Gasteiger partial charge in [-0.05, 0) is 31.4 Å². The van der Waals surface area contributed by atoms with Crippen molar-refractivity contribution in [2.45, 2.75) is 13.2 Å². The molecule has 0 unspecified atom stereocenters. The van der Waals surface area contributed by atoms with E-state index < -0.39 is 0 Å². The van der Waals surface area contributed by atoms with E-state index in [1.165, 1.54) is 5.56 Å². The van der Waals surface area contributed by atoms with Crippen LogP contribution in [-0.4, -0.2) is 30.9 Å². The molecule has 4 rings (SSSR count). The van der Waals surface area contributed by atoms with Crippen LogP contribution in [0.25, 0.3) is 16.9 Å². The van der Waals surface area contributed by atoms with Gasteiger partial charge in [0, 0.05) is 43.3 Å². The average Bonchev–Trinajstić information content (AvgIpc) is 3.28. The summed E-state index contributed by atoms with van der Waals surface area (Å²) >= 11 is 5.46. The van der Waals surface area contributed by atoms with Gasteiger partial charge < -0.3 is 9.13 Å². The van der Waals surface area contributed by atoms with Crippen molar-refractivity contribution in [2.24, 2.45) is 7.05 Å². The highest BCUT2D eigenvalue weighted by atomic mass is 32.1. The van der Waals surface area contributed by atoms with Crippen molar-refractivity contribution in [3.63, 3.8) is 0 Å². The lowest BCUT2D eigenvalue weighted by Crippen LogP contribution is -2.21. The van der Waals surface area contributed by atoms with Crippen LogP contribution in [0.5, 0.6) is 0 Å². The van der Waals surface area contributed by atoms with E-state index in [0.717, 1.165) is 34.9 Å². The normalized spacial score (nSPS) is 11.2. The Kier molecular flexibility index (Phi) is 5.23. The van der Waals surface area contributed by atoms with E-state index in [2.05, 4.69) is 47.0 Å². The monoisotopic (exact) mass is 389 g/mol. The Morgan fingerprint density at radius 1 is 0.964 bits per heavy atom. The molecular weight excluding hydrogens is 366 g/mol. The van der Waals surface area contributed by atoms with Gasteiger partial charge in [-0.25, -0.2) is 4.68 Å². The Bertz CT molecular complexity index is 1110. The first kappa shape index (κ1) is 18.4. The van der Waals surface area contributed by atoms with Gasteiger partial charge in [0.05, 0.1) is 18.1 Å². The minimum atomic E-state index is 0.727. The first-order chi connectivity index (χ1) is 13.6. The summed E-state index contributed by atoms with van der Waals surface area (Å²) < 4.78 is 6.79. The largest absolute Gasteiger partial charge is 0.327 e. The van der Waals surface area contributed by atoms with Crippen molar-refractivity contribution in [3.05, 3.63) is 89.6 Å². The first-order valence-corrected chi connectivity index (χ1v) is 9.62. The van der Waals surface area contributed by atoms with Crippen LogP contribution in [0.1, 0.15) is 5.56 Å². The van der Waals surface area contributed by atoms with E-state index in [9.17, 15) is 0 Å². The van der Waals surface area contributed by atoms with Gasteiger partial charge in [-0.15, -0.1) is 0 Å². The number of hydrogen-bond acceptors (Lipinski definition) is 3. The minimum Gasteiger partial charge on any atom is -0.327 e. The zero-order valence-electron chi connectivity index (χ0n) is 16.1. The van der Waals surface area contributed by atoms with E-state index in [0.29, 0.717) is 0 Å². The van der Waals surface area contributed by atoms with Crippen molar-refractivity contribution >= 4 is 12.2 Å². The summed E-state index contributed by atoms with van der Waals surface area (Å²) in [6.07, 6.45) is 6.13. The lowest BCUT2D eigenvalue weighted by molar-refractivity contribution is 0.258. The molecule has 0 saturated heterocycles. The molecule has 2 aromatic carbocycles. The maximum absolute atomic E-state index is 5.46. The molecule has 6 heteroatoms. The summed E-state index contributed by atoms with van der Waals surface area (Å²) in [5.74, 6) is 0. The number of aromatic nitrogens is 4. The van der Waals surface area contributed by atoms with E-state index in [1.807, 2.05) is 65.1 Å². The SMILES string of the molecule is CN(Cc1cn(-c2ccccc2)nc1-c1ccccc1)Cn1ccn(C)c1=S. The molecule has 2 aromatic heterocycles. The Morgan fingerprint density at radius 2 is 1.64 bits per heavy atom. The number of benzene rings is 2. The summed E-state index contributed by atoms with van der Waals surface area (Å²) in [6, 6.07) is 20.6. The van der Waals surface area contributed by atoms with Crippen LogP contribution in [-0.2, 0) is 20.3 Å². The van der Waals surface area contributed by atoms with Crippen LogP contribution in [0.2, 0.25) is 0 Å². The Labute approximate surface area is 170 Å². The highest BCUT2D eigenvalue weighted by Crippen LogP contribution is 2.24. The lowest BCUT2D eigenvalue weighted by Gasteiger charge is -2.17. The fraction of sp³-hybridized carbons (Fsp3) is 0.182. The molecule has 0 spiro atoms. The Morgan fingerprint density at radius 3 is 2.29 bits per heavy atom. The first-order valence-electron chi connectivity index (χ1n) is 9.21. The molecule has 2 heterocycles. The summed E-state index contributed by atoms with van der Waals surface area (Å²) in [5.41, 5.74) is 4.36. The minimum absolute atomic E-state index is 0.727. The maximum Gasteiger partial charge on any atom is 0.180 e. The highest BCUT2D eigenvalue weighted by Gasteiger charge is 2.14. The van der Waals surface area contributed by atoms with Gasteiger partial charge in [0.2, 0.25) is 0 Å². The second-order valence-electron chi connectivity index (χ2n) is 6.97. The predicted octanol–water partition coefficient (Wildman–Crippen LogP) is 4.50. The van der Waals surface area contributed by atoms with E-state index in [1.54, 1.807) is 0 Å². The number of hydrogen-bond donors (Lipinski definition) is 0. The lowest BCUT2D eigenvalue weighted by atomic mass is 10.1. The smallest absolute Gasteiger partial charge is 0.180 e. The molecule has 0 atom stereocenters. The van der Waals surface area contributed by atoms with Crippen molar-refractivity contribution in [2.75, 3.05) is 7.05 Å². The number of nitrogens with zero attached hydrogens (tertiary/aromatic N) is 5. The molecule has 5 nitrogen and oxygen atoms in total. The van der Waals surface area contributed by atoms with Crippen LogP contribution >= 0.6 is 12.2 Å². The summed E-state index contributed by atoms with van der Waals surface area (Å²) in [7, 11) is 4.07. The van der Waals surface area contributed by atoms with Crippen molar-refractivity contribution in [3.8, 4) is 16.9 Å². The number of para-hydroxylation sites is 1. The maximum atomic E-state index is 5.46. The zero-order chi connectivity index (χ0) is 19.5. The van der Waals surface area contributed by atoms with Crippen molar-refractivity contribution < 1.29 is 0 Å². The molecule has 0 amide bonds. The van der Waals surface area contributed by atoms with Crippen molar-refractivity contribution in [1.29, 1.82) is 0 Å². The number of imidazole rings is 1. The fourth-order valence-electron chi connectivity index (χ4n) is 3.30. The summed E-state index contributed by atoms with van der Waals surface area (Å²) in [4.78, 5) is 2.24. The van der Waals surface area contributed by atoms with Gasteiger partial charge in [0.1, 0.15) is 0 Å². The van der Waals surface area contributed by atoms with Crippen LogP contribution in [0.4, 0.5) is 0 Å². The van der Waals surface area contributed by atoms with E-state index in [4.69, 9.17) is 17.3 Å². The molecule has 0 fully saturated rings. The standard InChI is InChI=1S/C22H23N5S/c1-24(17-26-14-13-25(2)22(26)28)15-19-16-27(20-11-7-4-8-12-20)23-21(19)18-9-5-3-6-10-18/h3-14,16H,15,17H2,1-2H3. The van der Waals surface area contributed by atoms with Gasteiger partial charge >= 0.3 is 0 Å². The van der Waals surface area contributed by atoms with E-state index in [-0.39, 0.29) is 0 Å². The third-order valence-corrected chi connectivity index (χ3v) is 5.23. The van der Waals surface area contributed by atoms with Crippen LogP contribution in [0.3, 0.4) is 0 Å². The Hall–Kier alpha value is -2.96. The average molecular weight is 390 g/mol. The van der Waals surface area contributed by atoms with Gasteiger partial charge in [-0.2, -0.15) is 5.10 Å². The Balaban J connectivity index is 1.65. The fourth-order valence-corrected chi connectivity index (χ4v) is 3.48. The molecule has 0 radical (unpaired) electrons. The molecule has 0 bridgehead atoms. The van der Waals surface area contributed by atoms with Crippen molar-refractivity contribution in [1.82, 2.24) is 23.8 Å². The number of rotatable bonds is 6. The van der Waals surface area contributed by atoms with Crippen LogP contribution in [0.15, 0.2) is 79.3 Å². The van der Waals surface area contributed by atoms with Crippen LogP contribution in [0, 0.1) is 4.77 Å². The second kappa shape index (κ2) is 7.96. The molecule has 28 heavy (non-hydrogen) atoms. The molecular formula is C22H23N5S. The van der Waals surface area contributed by atoms with E-state index >= 15 is 0 Å². The summed E-state index contributed by atoms with van der Waals surface area (Å²) in [5, 5.41) is 4.89. The third-order valence-electron chi connectivity index (χ3n) is 4.71. The molecule has 4 aromatic rings. The van der Waals surface area contributed by atoms with Gasteiger partial charge in [0.25, 0.3) is 0 Å². The predicted molar refractivity (Wildman–Crippen MR) is 115 cm³/mol. The molecule has 0 aliphatic heterocycles. The van der Waals surface area contributed by atoms with Crippen LogP contribution < -0.4 is 0 Å². The molecule has 0 aliphatic carbocycles. The molecule has 142 valence electrons. The second-order valence-corrected chi connectivity index (χ2v) is 7.33. The molecule has 0 aliphatic rings. The topological polar surface area (TPSA) is 30.9 Å². The van der Waals surface area contributed by atoms with Gasteiger partial charge in [-0.1, -0.05) is 48.5 Å². The number of aryl methyl sites for hydroxylation is 1. The summed E-state index contributed by atoms with van der Waals surface area (Å²) in [6.45, 7) is 1.50. The third kappa shape index (κ3) is 3.83. The van der Waals surface area contributed by atoms with Gasteiger partial charge in [0.15, 0.2) is 4.77 Å². The molecule has 0 saturated carbocycles. The zero-order valence-corrected chi connectivity index (χ0v) is 16.9. The quantitative estimate of drug-likeness (QED) is 0.455. The molecule has 0 N–H and O–H groups in total. The highest BCUT2D eigenvalue weighted by molar-refractivity contribution is 7.71.